The summed E-state index contributed by atoms with van der Waals surface area (Å²) in [5.41, 5.74) is 6.93. The van der Waals surface area contributed by atoms with E-state index in [2.05, 4.69) is 18.2 Å². The monoisotopic (exact) mass is 109 g/mol. The molecule has 0 radical (unpaired) electrons. The lowest BCUT2D eigenvalue weighted by molar-refractivity contribution is 0.841. The van der Waals surface area contributed by atoms with Crippen LogP contribution in [0.15, 0.2) is 23.8 Å². The molecule has 0 saturated carbocycles. The fourth-order valence-corrected chi connectivity index (χ4v) is 0.801. The third-order valence-corrected chi connectivity index (χ3v) is 1.38. The summed E-state index contributed by atoms with van der Waals surface area (Å²) in [7, 11) is 0. The smallest absolute Gasteiger partial charge is 0.0231 e. The van der Waals surface area contributed by atoms with Gasteiger partial charge in [0.25, 0.3) is 0 Å². The molecule has 0 bridgehead atoms. The van der Waals surface area contributed by atoms with Gasteiger partial charge in [-0.15, -0.1) is 0 Å². The molecule has 0 spiro atoms. The van der Waals surface area contributed by atoms with Gasteiger partial charge in [0.2, 0.25) is 0 Å². The minimum Gasteiger partial charge on any atom is -0.324 e. The lowest BCUT2D eigenvalue weighted by atomic mass is 10.1. The average Bonchev–Trinajstić information content (AvgIpc) is 2.12. The highest BCUT2D eigenvalue weighted by molar-refractivity contribution is 5.25. The maximum atomic E-state index is 5.59. The second kappa shape index (κ2) is 2.14. The van der Waals surface area contributed by atoms with Crippen molar-refractivity contribution in [3.63, 3.8) is 0 Å². The van der Waals surface area contributed by atoms with Crippen molar-refractivity contribution < 1.29 is 0 Å². The highest BCUT2D eigenvalue weighted by atomic mass is 14.6. The van der Waals surface area contributed by atoms with E-state index in [1.807, 2.05) is 6.92 Å². The van der Waals surface area contributed by atoms with E-state index < -0.39 is 0 Å². The lowest BCUT2D eigenvalue weighted by Crippen LogP contribution is -2.16. The van der Waals surface area contributed by atoms with Crippen LogP contribution in [0.5, 0.6) is 0 Å². The summed E-state index contributed by atoms with van der Waals surface area (Å²) in [4.78, 5) is 0. The normalized spacial score (nSPS) is 21.0. The molecule has 44 valence electrons. The molecule has 0 aromatic carbocycles. The van der Waals surface area contributed by atoms with Gasteiger partial charge in [-0.3, -0.25) is 0 Å². The van der Waals surface area contributed by atoms with Crippen LogP contribution in [0.3, 0.4) is 0 Å². The van der Waals surface area contributed by atoms with Crippen molar-refractivity contribution in [1.82, 2.24) is 0 Å². The Bertz CT molecular complexity index is 131. The zero-order valence-corrected chi connectivity index (χ0v) is 5.09. The van der Waals surface area contributed by atoms with Crippen LogP contribution >= 0.6 is 0 Å². The average molecular weight is 109 g/mol. The molecule has 0 aromatic heterocycles. The van der Waals surface area contributed by atoms with Gasteiger partial charge < -0.3 is 5.73 Å². The first-order valence-electron chi connectivity index (χ1n) is 2.92. The van der Waals surface area contributed by atoms with Crippen LogP contribution in [0.4, 0.5) is 0 Å². The van der Waals surface area contributed by atoms with E-state index in [1.165, 1.54) is 5.57 Å². The van der Waals surface area contributed by atoms with Crippen molar-refractivity contribution in [2.75, 3.05) is 0 Å². The van der Waals surface area contributed by atoms with Crippen LogP contribution in [0.25, 0.3) is 0 Å². The van der Waals surface area contributed by atoms with Crippen LogP contribution in [-0.2, 0) is 0 Å². The maximum Gasteiger partial charge on any atom is 0.0231 e. The fraction of sp³-hybridized carbons (Fsp3) is 0.429. The topological polar surface area (TPSA) is 26.0 Å². The second-order valence-corrected chi connectivity index (χ2v) is 2.16. The van der Waals surface area contributed by atoms with Gasteiger partial charge in [-0.1, -0.05) is 23.8 Å². The molecule has 0 fully saturated rings. The van der Waals surface area contributed by atoms with E-state index >= 15 is 0 Å². The van der Waals surface area contributed by atoms with Crippen molar-refractivity contribution in [1.29, 1.82) is 0 Å². The van der Waals surface area contributed by atoms with Gasteiger partial charge in [-0.25, -0.2) is 0 Å². The van der Waals surface area contributed by atoms with Crippen LogP contribution in [0.2, 0.25) is 0 Å². The van der Waals surface area contributed by atoms with Crippen molar-refractivity contribution in [2.45, 2.75) is 19.4 Å². The summed E-state index contributed by atoms with van der Waals surface area (Å²) < 4.78 is 0. The minimum atomic E-state index is 0.241. The molecular formula is C7H11N. The summed E-state index contributed by atoms with van der Waals surface area (Å²) >= 11 is 0. The van der Waals surface area contributed by atoms with E-state index in [-0.39, 0.29) is 6.04 Å². The molecule has 1 atom stereocenters. The number of rotatable bonds is 1. The van der Waals surface area contributed by atoms with Gasteiger partial charge in [-0.05, 0) is 13.3 Å². The Balaban J connectivity index is 2.51. The molecule has 1 aliphatic rings. The largest absolute Gasteiger partial charge is 0.324 e. The lowest BCUT2D eigenvalue weighted by Gasteiger charge is -2.03. The van der Waals surface area contributed by atoms with Gasteiger partial charge in [0.05, 0.1) is 0 Å². The summed E-state index contributed by atoms with van der Waals surface area (Å²) in [6, 6.07) is 0.241. The molecule has 1 rings (SSSR count). The molecule has 0 heterocycles. The highest BCUT2D eigenvalue weighted by Crippen LogP contribution is 2.11. The Morgan fingerprint density at radius 2 is 2.50 bits per heavy atom. The van der Waals surface area contributed by atoms with Gasteiger partial charge >= 0.3 is 0 Å². The van der Waals surface area contributed by atoms with Crippen LogP contribution < -0.4 is 5.73 Å². The molecular weight excluding hydrogens is 98.1 g/mol. The Morgan fingerprint density at radius 1 is 1.75 bits per heavy atom. The van der Waals surface area contributed by atoms with Crippen LogP contribution in [0, 0.1) is 0 Å². The van der Waals surface area contributed by atoms with E-state index in [9.17, 15) is 0 Å². The molecule has 8 heavy (non-hydrogen) atoms. The molecule has 1 nitrogen and oxygen atoms in total. The first-order valence-corrected chi connectivity index (χ1v) is 2.92. The first kappa shape index (κ1) is 5.57. The SMILES string of the molecule is C[C@@H](N)C1=CC=CC1. The predicted octanol–water partition coefficient (Wildman–Crippen LogP) is 1.22. The molecule has 0 aliphatic heterocycles. The Kier molecular flexibility index (Phi) is 1.49. The standard InChI is InChI=1S/C7H11N/c1-6(8)7-4-2-3-5-7/h2-4,6H,5,8H2,1H3/t6-/m1/s1. The number of hydrogen-bond donors (Lipinski definition) is 1. The van der Waals surface area contributed by atoms with E-state index in [0.29, 0.717) is 0 Å². The summed E-state index contributed by atoms with van der Waals surface area (Å²) in [6.07, 6.45) is 7.32. The third-order valence-electron chi connectivity index (χ3n) is 1.38. The minimum absolute atomic E-state index is 0.241. The second-order valence-electron chi connectivity index (χ2n) is 2.16. The van der Waals surface area contributed by atoms with Crippen molar-refractivity contribution in [2.24, 2.45) is 5.73 Å². The fourth-order valence-electron chi connectivity index (χ4n) is 0.801. The predicted molar refractivity (Wildman–Crippen MR) is 35.5 cm³/mol. The Labute approximate surface area is 49.9 Å². The van der Waals surface area contributed by atoms with E-state index in [1.54, 1.807) is 0 Å². The molecule has 0 saturated heterocycles. The molecule has 1 aliphatic carbocycles. The molecule has 0 amide bonds. The van der Waals surface area contributed by atoms with Gasteiger partial charge in [0.1, 0.15) is 0 Å². The maximum absolute atomic E-state index is 5.59. The van der Waals surface area contributed by atoms with Crippen molar-refractivity contribution in [3.8, 4) is 0 Å². The van der Waals surface area contributed by atoms with Gasteiger partial charge in [0.15, 0.2) is 0 Å². The number of hydrogen-bond acceptors (Lipinski definition) is 1. The third kappa shape index (κ3) is 0.984. The zero-order valence-electron chi connectivity index (χ0n) is 5.09. The van der Waals surface area contributed by atoms with Crippen LogP contribution in [-0.4, -0.2) is 6.04 Å². The zero-order chi connectivity index (χ0) is 5.98. The van der Waals surface area contributed by atoms with Crippen molar-refractivity contribution in [3.05, 3.63) is 23.8 Å². The molecule has 0 aromatic rings. The molecule has 2 N–H and O–H groups in total. The number of nitrogens with two attached hydrogens (primary N) is 1. The number of allylic oxidation sites excluding steroid dienone is 3. The Morgan fingerprint density at radius 3 is 2.75 bits per heavy atom. The summed E-state index contributed by atoms with van der Waals surface area (Å²) in [5, 5.41) is 0. The van der Waals surface area contributed by atoms with Crippen LogP contribution in [0.1, 0.15) is 13.3 Å². The van der Waals surface area contributed by atoms with Crippen molar-refractivity contribution >= 4 is 0 Å². The van der Waals surface area contributed by atoms with Gasteiger partial charge in [0, 0.05) is 6.04 Å². The first-order chi connectivity index (χ1) is 3.80. The quantitative estimate of drug-likeness (QED) is 0.538. The van der Waals surface area contributed by atoms with E-state index in [0.717, 1.165) is 6.42 Å². The Hall–Kier alpha value is -0.560. The molecule has 0 unspecified atom stereocenters. The summed E-state index contributed by atoms with van der Waals surface area (Å²) in [5.74, 6) is 0. The van der Waals surface area contributed by atoms with E-state index in [4.69, 9.17) is 5.73 Å². The highest BCUT2D eigenvalue weighted by Gasteiger charge is 2.02. The summed E-state index contributed by atoms with van der Waals surface area (Å²) in [6.45, 7) is 2.01. The van der Waals surface area contributed by atoms with Gasteiger partial charge in [-0.2, -0.15) is 0 Å². The molecule has 1 heteroatoms.